The lowest BCUT2D eigenvalue weighted by molar-refractivity contribution is 0.345. The first-order chi connectivity index (χ1) is 7.69. The molecule has 4 nitrogen and oxygen atoms in total. The van der Waals surface area contributed by atoms with E-state index in [4.69, 9.17) is 19.5 Å². The Kier molecular flexibility index (Phi) is 4.44. The molecule has 1 aromatic carbocycles. The van der Waals surface area contributed by atoms with Crippen LogP contribution in [0.5, 0.6) is 17.2 Å². The minimum Gasteiger partial charge on any atom is -0.495 e. The van der Waals surface area contributed by atoms with Gasteiger partial charge in [0.15, 0.2) is 11.5 Å². The van der Waals surface area contributed by atoms with E-state index in [0.29, 0.717) is 21.7 Å². The number of halogens is 1. The molecule has 0 bridgehead atoms. The monoisotopic (exact) mass is 285 g/mol. The summed E-state index contributed by atoms with van der Waals surface area (Å²) in [6.07, 6.45) is 0.220. The molecule has 0 unspecified atom stereocenters. The predicted octanol–water partition coefficient (Wildman–Crippen LogP) is 2.54. The second-order valence-corrected chi connectivity index (χ2v) is 3.73. The lowest BCUT2D eigenvalue weighted by Crippen LogP contribution is -1.99. The van der Waals surface area contributed by atoms with Crippen molar-refractivity contribution in [1.29, 1.82) is 5.26 Å². The van der Waals surface area contributed by atoms with Crippen LogP contribution in [0.4, 0.5) is 0 Å². The standard InChI is InChI=1S/C11H12BrNO3/c1-14-8-6-9(15-2)11(16-3)7(4-5-13)10(8)12/h6H,4H2,1-3H3. The molecule has 86 valence electrons. The number of methoxy groups -OCH3 is 3. The summed E-state index contributed by atoms with van der Waals surface area (Å²) in [7, 11) is 4.64. The van der Waals surface area contributed by atoms with Crippen molar-refractivity contribution >= 4 is 15.9 Å². The number of nitrogens with zero attached hydrogens (tertiary/aromatic N) is 1. The van der Waals surface area contributed by atoms with Crippen LogP contribution in [0.25, 0.3) is 0 Å². The highest BCUT2D eigenvalue weighted by atomic mass is 79.9. The third-order valence-electron chi connectivity index (χ3n) is 2.14. The molecule has 0 saturated heterocycles. The van der Waals surface area contributed by atoms with Crippen molar-refractivity contribution in [3.8, 4) is 23.3 Å². The molecule has 16 heavy (non-hydrogen) atoms. The number of benzene rings is 1. The Morgan fingerprint density at radius 3 is 2.25 bits per heavy atom. The van der Waals surface area contributed by atoms with Crippen molar-refractivity contribution in [2.45, 2.75) is 6.42 Å². The second-order valence-electron chi connectivity index (χ2n) is 2.94. The van der Waals surface area contributed by atoms with Crippen molar-refractivity contribution in [3.05, 3.63) is 16.1 Å². The quantitative estimate of drug-likeness (QED) is 0.853. The summed E-state index contributed by atoms with van der Waals surface area (Å²) in [5.74, 6) is 1.72. The number of nitriles is 1. The zero-order valence-electron chi connectivity index (χ0n) is 9.33. The molecule has 0 fully saturated rings. The minimum atomic E-state index is 0.220. The van der Waals surface area contributed by atoms with Gasteiger partial charge in [0, 0.05) is 11.6 Å². The van der Waals surface area contributed by atoms with Crippen molar-refractivity contribution in [1.82, 2.24) is 0 Å². The molecule has 0 aliphatic rings. The Morgan fingerprint density at radius 1 is 1.19 bits per heavy atom. The average molecular weight is 286 g/mol. The third kappa shape index (κ3) is 2.22. The maximum absolute atomic E-state index is 8.78. The van der Waals surface area contributed by atoms with E-state index in [2.05, 4.69) is 22.0 Å². The molecule has 0 aromatic heterocycles. The molecule has 0 amide bonds. The van der Waals surface area contributed by atoms with Gasteiger partial charge in [-0.15, -0.1) is 0 Å². The van der Waals surface area contributed by atoms with Gasteiger partial charge < -0.3 is 14.2 Å². The molecule has 0 aliphatic heterocycles. The molecule has 0 heterocycles. The number of hydrogen-bond donors (Lipinski definition) is 0. The van der Waals surface area contributed by atoms with Crippen molar-refractivity contribution in [2.75, 3.05) is 21.3 Å². The largest absolute Gasteiger partial charge is 0.495 e. The predicted molar refractivity (Wildman–Crippen MR) is 63.1 cm³/mol. The summed E-state index contributed by atoms with van der Waals surface area (Å²) in [5, 5.41) is 8.78. The van der Waals surface area contributed by atoms with Crippen molar-refractivity contribution < 1.29 is 14.2 Å². The summed E-state index contributed by atoms with van der Waals surface area (Å²) >= 11 is 3.39. The SMILES string of the molecule is COc1cc(OC)c(OC)c(CC#N)c1Br. The molecule has 0 aliphatic carbocycles. The van der Waals surface area contributed by atoms with E-state index < -0.39 is 0 Å². The number of hydrogen-bond acceptors (Lipinski definition) is 4. The molecule has 1 rings (SSSR count). The van der Waals surface area contributed by atoms with Gasteiger partial charge in [0.2, 0.25) is 0 Å². The van der Waals surface area contributed by atoms with Crippen LogP contribution in [0, 0.1) is 11.3 Å². The van der Waals surface area contributed by atoms with Crippen LogP contribution >= 0.6 is 15.9 Å². The van der Waals surface area contributed by atoms with Crippen LogP contribution in [-0.2, 0) is 6.42 Å². The van der Waals surface area contributed by atoms with Gasteiger partial charge in [-0.05, 0) is 15.9 Å². The van der Waals surface area contributed by atoms with Gasteiger partial charge in [-0.2, -0.15) is 5.26 Å². The van der Waals surface area contributed by atoms with Gasteiger partial charge in [0.1, 0.15) is 5.75 Å². The normalized spacial score (nSPS) is 9.44. The Hall–Kier alpha value is -1.41. The minimum absolute atomic E-state index is 0.220. The van der Waals surface area contributed by atoms with E-state index in [9.17, 15) is 0 Å². The highest BCUT2D eigenvalue weighted by Gasteiger charge is 2.18. The first kappa shape index (κ1) is 12.7. The van der Waals surface area contributed by atoms with Gasteiger partial charge in [0.05, 0.1) is 38.3 Å². The molecule has 5 heteroatoms. The Bertz CT molecular complexity index is 426. The van der Waals surface area contributed by atoms with E-state index in [-0.39, 0.29) is 6.42 Å². The van der Waals surface area contributed by atoms with Crippen LogP contribution in [0.15, 0.2) is 10.5 Å². The van der Waals surface area contributed by atoms with Crippen LogP contribution in [0.2, 0.25) is 0 Å². The van der Waals surface area contributed by atoms with Crippen LogP contribution in [0.3, 0.4) is 0 Å². The average Bonchev–Trinajstić information content (AvgIpc) is 2.31. The summed E-state index contributed by atoms with van der Waals surface area (Å²) < 4.78 is 16.3. The van der Waals surface area contributed by atoms with E-state index in [1.807, 2.05) is 0 Å². The maximum Gasteiger partial charge on any atom is 0.166 e. The van der Waals surface area contributed by atoms with Gasteiger partial charge in [-0.3, -0.25) is 0 Å². The first-order valence-electron chi connectivity index (χ1n) is 4.53. The summed E-state index contributed by atoms with van der Waals surface area (Å²) in [4.78, 5) is 0. The van der Waals surface area contributed by atoms with E-state index >= 15 is 0 Å². The van der Waals surface area contributed by atoms with Gasteiger partial charge >= 0.3 is 0 Å². The van der Waals surface area contributed by atoms with E-state index in [1.54, 1.807) is 20.3 Å². The zero-order chi connectivity index (χ0) is 12.1. The molecule has 0 N–H and O–H groups in total. The fourth-order valence-electron chi connectivity index (χ4n) is 1.41. The molecule has 0 atom stereocenters. The van der Waals surface area contributed by atoms with Crippen LogP contribution in [-0.4, -0.2) is 21.3 Å². The lowest BCUT2D eigenvalue weighted by Gasteiger charge is -2.15. The summed E-state index contributed by atoms with van der Waals surface area (Å²) in [6.45, 7) is 0. The number of ether oxygens (including phenoxy) is 3. The fourth-order valence-corrected chi connectivity index (χ4v) is 2.00. The fraction of sp³-hybridized carbons (Fsp3) is 0.364. The number of rotatable bonds is 4. The Balaban J connectivity index is 3.45. The lowest BCUT2D eigenvalue weighted by atomic mass is 10.1. The third-order valence-corrected chi connectivity index (χ3v) is 3.01. The first-order valence-corrected chi connectivity index (χ1v) is 5.33. The van der Waals surface area contributed by atoms with Crippen molar-refractivity contribution in [2.24, 2.45) is 0 Å². The summed E-state index contributed by atoms with van der Waals surface area (Å²) in [5.41, 5.74) is 0.723. The van der Waals surface area contributed by atoms with Crippen LogP contribution in [0.1, 0.15) is 5.56 Å². The highest BCUT2D eigenvalue weighted by Crippen LogP contribution is 2.42. The van der Waals surface area contributed by atoms with E-state index in [0.717, 1.165) is 5.56 Å². The maximum atomic E-state index is 8.78. The van der Waals surface area contributed by atoms with Gasteiger partial charge in [-0.1, -0.05) is 0 Å². The van der Waals surface area contributed by atoms with Gasteiger partial charge in [0.25, 0.3) is 0 Å². The molecule has 0 saturated carbocycles. The molecule has 0 radical (unpaired) electrons. The van der Waals surface area contributed by atoms with E-state index in [1.165, 1.54) is 7.11 Å². The second kappa shape index (κ2) is 5.61. The molecular formula is C11H12BrNO3. The smallest absolute Gasteiger partial charge is 0.166 e. The molecule has 0 spiro atoms. The topological polar surface area (TPSA) is 51.5 Å². The molecular weight excluding hydrogens is 274 g/mol. The van der Waals surface area contributed by atoms with Crippen LogP contribution < -0.4 is 14.2 Å². The highest BCUT2D eigenvalue weighted by molar-refractivity contribution is 9.10. The molecule has 1 aromatic rings. The Labute approximate surface area is 103 Å². The zero-order valence-corrected chi connectivity index (χ0v) is 10.9. The van der Waals surface area contributed by atoms with Gasteiger partial charge in [-0.25, -0.2) is 0 Å². The summed E-state index contributed by atoms with van der Waals surface area (Å²) in [6, 6.07) is 3.79. The van der Waals surface area contributed by atoms with Crippen molar-refractivity contribution in [3.63, 3.8) is 0 Å². The Morgan fingerprint density at radius 2 is 1.81 bits per heavy atom.